The third-order valence-electron chi connectivity index (χ3n) is 4.79. The number of ether oxygens (including phenoxy) is 1. The van der Waals surface area contributed by atoms with Crippen molar-refractivity contribution in [1.29, 1.82) is 0 Å². The predicted octanol–water partition coefficient (Wildman–Crippen LogP) is 3.04. The number of hydrogen-bond acceptors (Lipinski definition) is 4. The number of carbonyl (C=O) groups excluding carboxylic acids is 1. The summed E-state index contributed by atoms with van der Waals surface area (Å²) >= 11 is 0. The highest BCUT2D eigenvalue weighted by molar-refractivity contribution is 7.91. The van der Waals surface area contributed by atoms with Crippen LogP contribution in [0.4, 0.5) is 4.39 Å². The van der Waals surface area contributed by atoms with Gasteiger partial charge in [0.25, 0.3) is 5.91 Å². The third kappa shape index (κ3) is 5.32. The Morgan fingerprint density at radius 2 is 1.79 bits per heavy atom. The van der Waals surface area contributed by atoms with Crippen molar-refractivity contribution < 1.29 is 22.3 Å². The molecule has 0 aliphatic carbocycles. The molecule has 1 aliphatic rings. The zero-order valence-electron chi connectivity index (χ0n) is 16.0. The van der Waals surface area contributed by atoms with Gasteiger partial charge >= 0.3 is 0 Å². The van der Waals surface area contributed by atoms with Crippen LogP contribution in [0.5, 0.6) is 5.75 Å². The van der Waals surface area contributed by atoms with Crippen LogP contribution in [0.3, 0.4) is 0 Å². The summed E-state index contributed by atoms with van der Waals surface area (Å²) in [5, 5.41) is 0. The Balaban J connectivity index is 1.75. The summed E-state index contributed by atoms with van der Waals surface area (Å²) in [6.45, 7) is 3.94. The molecule has 1 amide bonds. The molecule has 150 valence electrons. The lowest BCUT2D eigenvalue weighted by Crippen LogP contribution is -2.43. The molecule has 1 atom stereocenters. The lowest BCUT2D eigenvalue weighted by molar-refractivity contribution is -0.136. The minimum Gasteiger partial charge on any atom is -0.484 e. The van der Waals surface area contributed by atoms with Crippen LogP contribution >= 0.6 is 0 Å². The van der Waals surface area contributed by atoms with Crippen molar-refractivity contribution in [1.82, 2.24) is 4.90 Å². The monoisotopic (exact) mass is 405 g/mol. The van der Waals surface area contributed by atoms with Crippen LogP contribution in [0.25, 0.3) is 0 Å². The zero-order valence-corrected chi connectivity index (χ0v) is 16.8. The van der Waals surface area contributed by atoms with Crippen molar-refractivity contribution in [3.8, 4) is 5.75 Å². The van der Waals surface area contributed by atoms with E-state index in [0.29, 0.717) is 12.2 Å². The second-order valence-electron chi connectivity index (χ2n) is 7.32. The van der Waals surface area contributed by atoms with Crippen molar-refractivity contribution >= 4 is 15.7 Å². The lowest BCUT2D eigenvalue weighted by Gasteiger charge is -2.28. The van der Waals surface area contributed by atoms with Crippen molar-refractivity contribution in [2.45, 2.75) is 32.9 Å². The van der Waals surface area contributed by atoms with E-state index in [1.807, 2.05) is 32.0 Å². The average molecular weight is 405 g/mol. The highest BCUT2D eigenvalue weighted by atomic mass is 32.2. The Morgan fingerprint density at radius 1 is 1.14 bits per heavy atom. The summed E-state index contributed by atoms with van der Waals surface area (Å²) < 4.78 is 42.7. The van der Waals surface area contributed by atoms with Crippen LogP contribution in [0, 0.1) is 19.7 Å². The highest BCUT2D eigenvalue weighted by Crippen LogP contribution is 2.22. The molecule has 2 aromatic rings. The van der Waals surface area contributed by atoms with Gasteiger partial charge in [0, 0.05) is 12.6 Å². The molecule has 0 unspecified atom stereocenters. The van der Waals surface area contributed by atoms with Crippen LogP contribution in [0.1, 0.15) is 23.1 Å². The van der Waals surface area contributed by atoms with Gasteiger partial charge in [-0.05, 0) is 61.2 Å². The maximum atomic E-state index is 13.2. The number of benzene rings is 2. The maximum absolute atomic E-state index is 13.2. The first-order valence-corrected chi connectivity index (χ1v) is 11.0. The van der Waals surface area contributed by atoms with Crippen molar-refractivity contribution in [3.05, 3.63) is 65.0 Å². The van der Waals surface area contributed by atoms with E-state index in [4.69, 9.17) is 4.74 Å². The summed E-state index contributed by atoms with van der Waals surface area (Å²) in [7, 11) is -3.15. The Hall–Kier alpha value is -2.41. The van der Waals surface area contributed by atoms with Crippen molar-refractivity contribution in [2.75, 3.05) is 18.1 Å². The van der Waals surface area contributed by atoms with Crippen LogP contribution in [-0.4, -0.2) is 43.4 Å². The molecule has 0 saturated carbocycles. The van der Waals surface area contributed by atoms with Gasteiger partial charge < -0.3 is 9.64 Å². The first-order valence-electron chi connectivity index (χ1n) is 9.17. The molecule has 2 aromatic carbocycles. The molecule has 1 heterocycles. The van der Waals surface area contributed by atoms with Gasteiger partial charge in [-0.15, -0.1) is 0 Å². The van der Waals surface area contributed by atoms with Gasteiger partial charge in [0.1, 0.15) is 11.6 Å². The molecular weight excluding hydrogens is 381 g/mol. The first kappa shape index (κ1) is 20.3. The fraction of sp³-hybridized carbons (Fsp3) is 0.381. The highest BCUT2D eigenvalue weighted by Gasteiger charge is 2.34. The van der Waals surface area contributed by atoms with Gasteiger partial charge in [0.05, 0.1) is 11.5 Å². The number of hydrogen-bond donors (Lipinski definition) is 0. The molecule has 0 N–H and O–H groups in total. The number of halogens is 1. The average Bonchev–Trinajstić information content (AvgIpc) is 2.98. The van der Waals surface area contributed by atoms with Crippen molar-refractivity contribution in [2.24, 2.45) is 0 Å². The molecule has 3 rings (SSSR count). The fourth-order valence-corrected chi connectivity index (χ4v) is 5.20. The van der Waals surface area contributed by atoms with E-state index in [9.17, 15) is 17.6 Å². The molecule has 7 heteroatoms. The molecule has 0 spiro atoms. The Labute approximate surface area is 165 Å². The topological polar surface area (TPSA) is 63.7 Å². The lowest BCUT2D eigenvalue weighted by atomic mass is 10.1. The molecule has 1 fully saturated rings. The number of amides is 1. The van der Waals surface area contributed by atoms with Gasteiger partial charge in [0.2, 0.25) is 0 Å². The summed E-state index contributed by atoms with van der Waals surface area (Å²) in [5.41, 5.74) is 2.81. The van der Waals surface area contributed by atoms with E-state index in [0.717, 1.165) is 16.7 Å². The Morgan fingerprint density at radius 3 is 2.36 bits per heavy atom. The van der Waals surface area contributed by atoms with E-state index in [2.05, 4.69) is 0 Å². The second kappa shape index (κ2) is 8.31. The molecule has 5 nitrogen and oxygen atoms in total. The molecule has 0 bridgehead atoms. The van der Waals surface area contributed by atoms with Gasteiger partial charge in [0.15, 0.2) is 16.4 Å². The molecule has 1 saturated heterocycles. The SMILES string of the molecule is Cc1cc(C)cc(OCC(=O)N(Cc2ccc(F)cc2)[C@H]2CCS(=O)(=O)C2)c1. The molecular formula is C21H24FNO4S. The third-order valence-corrected chi connectivity index (χ3v) is 6.54. The smallest absolute Gasteiger partial charge is 0.261 e. The number of rotatable bonds is 6. The van der Waals surface area contributed by atoms with E-state index in [1.165, 1.54) is 12.1 Å². The normalized spacial score (nSPS) is 18.0. The predicted molar refractivity (Wildman–Crippen MR) is 105 cm³/mol. The number of nitrogens with zero attached hydrogens (tertiary/aromatic N) is 1. The number of aryl methyl sites for hydroxylation is 2. The Kier molecular flexibility index (Phi) is 6.03. The van der Waals surface area contributed by atoms with Gasteiger partial charge in [-0.2, -0.15) is 0 Å². The van der Waals surface area contributed by atoms with Crippen LogP contribution in [-0.2, 0) is 21.2 Å². The van der Waals surface area contributed by atoms with E-state index in [1.54, 1.807) is 17.0 Å². The summed E-state index contributed by atoms with van der Waals surface area (Å²) in [6, 6.07) is 11.2. The van der Waals surface area contributed by atoms with E-state index < -0.39 is 15.9 Å². The largest absolute Gasteiger partial charge is 0.484 e. The van der Waals surface area contributed by atoms with Crippen LogP contribution in [0.2, 0.25) is 0 Å². The minimum atomic E-state index is -3.15. The maximum Gasteiger partial charge on any atom is 0.261 e. The van der Waals surface area contributed by atoms with Crippen LogP contribution in [0.15, 0.2) is 42.5 Å². The Bertz CT molecular complexity index is 937. The molecule has 1 aliphatic heterocycles. The molecule has 0 aromatic heterocycles. The van der Waals surface area contributed by atoms with Gasteiger partial charge in [-0.25, -0.2) is 12.8 Å². The van der Waals surface area contributed by atoms with E-state index >= 15 is 0 Å². The summed E-state index contributed by atoms with van der Waals surface area (Å²) in [6.07, 6.45) is 0.402. The molecule has 28 heavy (non-hydrogen) atoms. The van der Waals surface area contributed by atoms with Gasteiger partial charge in [-0.1, -0.05) is 18.2 Å². The standard InChI is InChI=1S/C21H24FNO4S/c1-15-9-16(2)11-20(10-15)27-13-21(24)23(19-7-8-28(25,26)14-19)12-17-3-5-18(22)6-4-17/h3-6,9-11,19H,7-8,12-14H2,1-2H3/t19-/m0/s1. The summed E-state index contributed by atoms with van der Waals surface area (Å²) in [4.78, 5) is 14.4. The minimum absolute atomic E-state index is 0.0521. The first-order chi connectivity index (χ1) is 13.2. The quantitative estimate of drug-likeness (QED) is 0.741. The van der Waals surface area contributed by atoms with E-state index in [-0.39, 0.29) is 36.4 Å². The number of carbonyl (C=O) groups is 1. The van der Waals surface area contributed by atoms with Crippen LogP contribution < -0.4 is 4.74 Å². The zero-order chi connectivity index (χ0) is 20.3. The van der Waals surface area contributed by atoms with Crippen molar-refractivity contribution in [3.63, 3.8) is 0 Å². The second-order valence-corrected chi connectivity index (χ2v) is 9.55. The van der Waals surface area contributed by atoms with Gasteiger partial charge in [-0.3, -0.25) is 4.79 Å². The molecule has 0 radical (unpaired) electrons. The fourth-order valence-electron chi connectivity index (χ4n) is 3.47. The summed E-state index contributed by atoms with van der Waals surface area (Å²) in [5.74, 6) is -0.0211. The number of sulfone groups is 1.